The second-order valence-electron chi connectivity index (χ2n) is 3.27. The Morgan fingerprint density at radius 3 is 1.93 bits per heavy atom. The van der Waals surface area contributed by atoms with Crippen molar-refractivity contribution < 1.29 is 17.3 Å². The lowest BCUT2D eigenvalue weighted by Gasteiger charge is -1.94. The summed E-state index contributed by atoms with van der Waals surface area (Å²) in [4.78, 5) is 0. The molecule has 0 N–H and O–H groups in total. The van der Waals surface area contributed by atoms with Crippen LogP contribution in [0.4, 0.5) is 17.3 Å². The van der Waals surface area contributed by atoms with Crippen molar-refractivity contribution in [2.75, 3.05) is 0 Å². The van der Waals surface area contributed by atoms with E-state index >= 15 is 0 Å². The predicted molar refractivity (Wildman–Crippen MR) is 56.4 cm³/mol. The number of rotatable bonds is 4. The molecule has 6 heteroatoms. The lowest BCUT2D eigenvalue weighted by atomic mass is 10.2. The summed E-state index contributed by atoms with van der Waals surface area (Å²) in [5.41, 5.74) is 2.90. The van der Waals surface area contributed by atoms with E-state index in [2.05, 4.69) is 13.8 Å². The highest BCUT2D eigenvalue weighted by atomic mass is 35.5. The standard InChI is InChI=1S/C9H14Cl.BF4/c1-3-5-7-8(6-4-2)9(7)10;2-1(3,4)5/h3-6H2,1-2H3;/q+1;-1. The van der Waals surface area contributed by atoms with Gasteiger partial charge in [0.1, 0.15) is 0 Å². The Morgan fingerprint density at radius 1 is 1.13 bits per heavy atom. The van der Waals surface area contributed by atoms with Crippen LogP contribution in [-0.4, -0.2) is 7.25 Å². The lowest BCUT2D eigenvalue weighted by Crippen LogP contribution is -2.02. The van der Waals surface area contributed by atoms with Crippen molar-refractivity contribution in [3.63, 3.8) is 0 Å². The zero-order chi connectivity index (χ0) is 12.1. The maximum Gasteiger partial charge on any atom is 0.673 e. The molecule has 0 saturated heterocycles. The van der Waals surface area contributed by atoms with Gasteiger partial charge in [-0.3, -0.25) is 0 Å². The fourth-order valence-corrected chi connectivity index (χ4v) is 1.63. The summed E-state index contributed by atoms with van der Waals surface area (Å²) in [6, 6.07) is 0. The van der Waals surface area contributed by atoms with E-state index in [-0.39, 0.29) is 0 Å². The maximum absolute atomic E-state index is 9.75. The SMILES string of the molecule is CCCc1c(Cl)[c+]1CCC.F[B-](F)(F)F. The van der Waals surface area contributed by atoms with E-state index in [1.807, 2.05) is 0 Å². The summed E-state index contributed by atoms with van der Waals surface area (Å²) in [7, 11) is -6.00. The first-order chi connectivity index (χ1) is 6.81. The molecule has 0 amide bonds. The third kappa shape index (κ3) is 7.60. The van der Waals surface area contributed by atoms with Gasteiger partial charge >= 0.3 is 7.25 Å². The smallest absolute Gasteiger partial charge is 0.418 e. The van der Waals surface area contributed by atoms with Crippen LogP contribution in [0, 0.1) is 0 Å². The summed E-state index contributed by atoms with van der Waals surface area (Å²) in [5.74, 6) is 0. The number of hydrogen-bond acceptors (Lipinski definition) is 0. The topological polar surface area (TPSA) is 0 Å². The van der Waals surface area contributed by atoms with Gasteiger partial charge in [0.15, 0.2) is 11.1 Å². The molecule has 0 saturated carbocycles. The highest BCUT2D eigenvalue weighted by Crippen LogP contribution is 2.37. The van der Waals surface area contributed by atoms with E-state index in [4.69, 9.17) is 11.6 Å². The Balaban J connectivity index is 0.000000336. The quantitative estimate of drug-likeness (QED) is 0.409. The van der Waals surface area contributed by atoms with Crippen LogP contribution >= 0.6 is 11.6 Å². The molecule has 15 heavy (non-hydrogen) atoms. The van der Waals surface area contributed by atoms with Crippen molar-refractivity contribution in [1.82, 2.24) is 0 Å². The summed E-state index contributed by atoms with van der Waals surface area (Å²) in [6.45, 7) is 4.39. The zero-order valence-electron chi connectivity index (χ0n) is 8.80. The highest BCUT2D eigenvalue weighted by Gasteiger charge is 2.36. The molecular formula is C9H14BClF4. The van der Waals surface area contributed by atoms with E-state index in [0.717, 1.165) is 5.02 Å². The fourth-order valence-electron chi connectivity index (χ4n) is 1.26. The molecule has 0 bridgehead atoms. The minimum absolute atomic E-state index is 1.09. The van der Waals surface area contributed by atoms with Gasteiger partial charge in [-0.05, 0) is 12.8 Å². The average Bonchev–Trinajstić information content (AvgIpc) is 2.61. The molecule has 0 fully saturated rings. The van der Waals surface area contributed by atoms with Crippen LogP contribution in [0.5, 0.6) is 0 Å². The highest BCUT2D eigenvalue weighted by molar-refractivity contribution is 6.50. The van der Waals surface area contributed by atoms with Gasteiger partial charge in [0, 0.05) is 24.4 Å². The minimum Gasteiger partial charge on any atom is -0.418 e. The van der Waals surface area contributed by atoms with Crippen molar-refractivity contribution in [3.05, 3.63) is 16.1 Å². The Bertz CT molecular complexity index is 232. The van der Waals surface area contributed by atoms with Crippen LogP contribution < -0.4 is 0 Å². The monoisotopic (exact) mass is 244 g/mol. The van der Waals surface area contributed by atoms with Gasteiger partial charge in [0.05, 0.1) is 0 Å². The van der Waals surface area contributed by atoms with Gasteiger partial charge in [-0.2, -0.15) is 0 Å². The molecule has 1 aromatic carbocycles. The van der Waals surface area contributed by atoms with Crippen molar-refractivity contribution in [3.8, 4) is 0 Å². The number of halogens is 5. The summed E-state index contributed by atoms with van der Waals surface area (Å²) in [6.07, 6.45) is 4.82. The third-order valence-electron chi connectivity index (χ3n) is 1.83. The zero-order valence-corrected chi connectivity index (χ0v) is 9.55. The summed E-state index contributed by atoms with van der Waals surface area (Å²) >= 11 is 5.92. The van der Waals surface area contributed by atoms with Crippen LogP contribution in [0.2, 0.25) is 5.02 Å². The Kier molecular flexibility index (Phi) is 6.17. The Hall–Kier alpha value is -0.315. The van der Waals surface area contributed by atoms with Gasteiger partial charge in [-0.25, -0.2) is 0 Å². The van der Waals surface area contributed by atoms with Crippen LogP contribution in [0.3, 0.4) is 0 Å². The van der Waals surface area contributed by atoms with Gasteiger partial charge in [0.2, 0.25) is 0 Å². The molecule has 0 aromatic heterocycles. The molecule has 1 rings (SSSR count). The molecule has 0 radical (unpaired) electrons. The van der Waals surface area contributed by atoms with Crippen LogP contribution in [-0.2, 0) is 12.8 Å². The lowest BCUT2D eigenvalue weighted by molar-refractivity contribution is 0.368. The first-order valence-corrected chi connectivity index (χ1v) is 5.31. The van der Waals surface area contributed by atoms with E-state index in [9.17, 15) is 17.3 Å². The normalized spacial score (nSPS) is 11.4. The first kappa shape index (κ1) is 14.7. The minimum atomic E-state index is -6.00. The molecule has 0 aliphatic heterocycles. The first-order valence-electron chi connectivity index (χ1n) is 4.93. The summed E-state index contributed by atoms with van der Waals surface area (Å²) < 4.78 is 39.0. The maximum atomic E-state index is 9.75. The molecule has 1 aromatic rings. The molecule has 0 unspecified atom stereocenters. The van der Waals surface area contributed by atoms with Gasteiger partial charge in [-0.15, -0.1) is 0 Å². The largest absolute Gasteiger partial charge is 0.673 e. The molecule has 0 nitrogen and oxygen atoms in total. The average molecular weight is 244 g/mol. The molecule has 88 valence electrons. The van der Waals surface area contributed by atoms with E-state index in [0.29, 0.717) is 0 Å². The summed E-state index contributed by atoms with van der Waals surface area (Å²) in [5, 5.41) is 1.09. The molecular weight excluding hydrogens is 230 g/mol. The number of hydrogen-bond donors (Lipinski definition) is 0. The van der Waals surface area contributed by atoms with Crippen molar-refractivity contribution in [2.24, 2.45) is 0 Å². The van der Waals surface area contributed by atoms with Gasteiger partial charge in [-0.1, -0.05) is 13.8 Å². The molecule has 0 aliphatic rings. The third-order valence-corrected chi connectivity index (χ3v) is 2.29. The molecule has 0 atom stereocenters. The second-order valence-corrected chi connectivity index (χ2v) is 3.64. The Morgan fingerprint density at radius 2 is 1.60 bits per heavy atom. The van der Waals surface area contributed by atoms with E-state index < -0.39 is 7.25 Å². The van der Waals surface area contributed by atoms with Crippen molar-refractivity contribution in [2.45, 2.75) is 39.5 Å². The Labute approximate surface area is 92.4 Å². The van der Waals surface area contributed by atoms with Gasteiger partial charge < -0.3 is 17.3 Å². The fraction of sp³-hybridized carbons (Fsp3) is 0.667. The van der Waals surface area contributed by atoms with Gasteiger partial charge in [0.25, 0.3) is 5.02 Å². The molecule has 0 spiro atoms. The van der Waals surface area contributed by atoms with Crippen molar-refractivity contribution >= 4 is 18.9 Å². The van der Waals surface area contributed by atoms with E-state index in [1.165, 1.54) is 36.8 Å². The van der Waals surface area contributed by atoms with Crippen LogP contribution in [0.15, 0.2) is 0 Å². The predicted octanol–water partition coefficient (Wildman–Crippen LogP) is 4.70. The molecule has 0 aliphatic carbocycles. The van der Waals surface area contributed by atoms with Crippen LogP contribution in [0.1, 0.15) is 37.8 Å². The second kappa shape index (κ2) is 6.31. The molecule has 0 heterocycles. The van der Waals surface area contributed by atoms with E-state index in [1.54, 1.807) is 0 Å². The van der Waals surface area contributed by atoms with Crippen LogP contribution in [0.25, 0.3) is 0 Å². The van der Waals surface area contributed by atoms with Crippen molar-refractivity contribution in [1.29, 1.82) is 0 Å².